The molecule has 0 fully saturated rings. The number of anilines is 1. The normalized spacial score (nSPS) is 11.9. The molecule has 0 aliphatic carbocycles. The zero-order valence-electron chi connectivity index (χ0n) is 10.8. The lowest BCUT2D eigenvalue weighted by Crippen LogP contribution is -2.13. The van der Waals surface area contributed by atoms with Gasteiger partial charge in [0.2, 0.25) is 0 Å². The second-order valence-corrected chi connectivity index (χ2v) is 4.48. The Hall–Kier alpha value is -1.98. The maximum Gasteiger partial charge on any atom is 0.418 e. The largest absolute Gasteiger partial charge is 0.418 e. The molecule has 0 saturated heterocycles. The standard InChI is InChI=1S/C13H14F3N3/c1-7-8(2)18-19(9(7)3)12-5-4-10(17)6-11(12)13(14,15)16/h4-6H,17H2,1-3H3. The average molecular weight is 269 g/mol. The van der Waals surface area contributed by atoms with Gasteiger partial charge >= 0.3 is 6.18 Å². The van der Waals surface area contributed by atoms with Gasteiger partial charge in [-0.15, -0.1) is 0 Å². The van der Waals surface area contributed by atoms with E-state index in [0.717, 1.165) is 11.6 Å². The second kappa shape index (κ2) is 4.29. The Morgan fingerprint density at radius 2 is 1.79 bits per heavy atom. The van der Waals surface area contributed by atoms with Crippen molar-refractivity contribution in [1.82, 2.24) is 9.78 Å². The molecule has 0 radical (unpaired) electrons. The third kappa shape index (κ3) is 2.30. The molecule has 0 amide bonds. The summed E-state index contributed by atoms with van der Waals surface area (Å²) in [6.45, 7) is 5.34. The van der Waals surface area contributed by atoms with Gasteiger partial charge in [-0.05, 0) is 44.5 Å². The van der Waals surface area contributed by atoms with E-state index in [0.29, 0.717) is 11.4 Å². The number of aromatic nitrogens is 2. The van der Waals surface area contributed by atoms with Crippen molar-refractivity contribution in [2.75, 3.05) is 5.73 Å². The summed E-state index contributed by atoms with van der Waals surface area (Å²) in [5, 5.41) is 4.16. The summed E-state index contributed by atoms with van der Waals surface area (Å²) in [5.74, 6) is 0. The number of halogens is 3. The first-order valence-corrected chi connectivity index (χ1v) is 5.71. The van der Waals surface area contributed by atoms with Crippen LogP contribution >= 0.6 is 0 Å². The molecule has 1 heterocycles. The van der Waals surface area contributed by atoms with Gasteiger partial charge in [0.25, 0.3) is 0 Å². The molecule has 2 N–H and O–H groups in total. The van der Waals surface area contributed by atoms with E-state index < -0.39 is 11.7 Å². The number of nitrogens with zero attached hydrogens (tertiary/aromatic N) is 2. The van der Waals surface area contributed by atoms with Crippen molar-refractivity contribution in [3.05, 3.63) is 40.7 Å². The lowest BCUT2D eigenvalue weighted by Gasteiger charge is -2.14. The van der Waals surface area contributed by atoms with Crippen LogP contribution in [-0.2, 0) is 6.18 Å². The fraction of sp³-hybridized carbons (Fsp3) is 0.308. The van der Waals surface area contributed by atoms with E-state index in [2.05, 4.69) is 5.10 Å². The molecule has 0 unspecified atom stereocenters. The number of nitrogens with two attached hydrogens (primary N) is 1. The fourth-order valence-corrected chi connectivity index (χ4v) is 1.92. The van der Waals surface area contributed by atoms with E-state index in [1.54, 1.807) is 13.8 Å². The molecule has 0 aliphatic heterocycles. The predicted molar refractivity (Wildman–Crippen MR) is 67.2 cm³/mol. The van der Waals surface area contributed by atoms with E-state index in [1.807, 2.05) is 6.92 Å². The summed E-state index contributed by atoms with van der Waals surface area (Å²) in [6, 6.07) is 3.72. The molecule has 0 bridgehead atoms. The molecule has 0 aliphatic rings. The Bertz CT molecular complexity index is 627. The summed E-state index contributed by atoms with van der Waals surface area (Å²) in [5.41, 5.74) is 7.02. The summed E-state index contributed by atoms with van der Waals surface area (Å²) in [6.07, 6.45) is -4.47. The first-order valence-electron chi connectivity index (χ1n) is 5.71. The van der Waals surface area contributed by atoms with E-state index in [-0.39, 0.29) is 11.4 Å². The monoisotopic (exact) mass is 269 g/mol. The SMILES string of the molecule is Cc1nn(-c2ccc(N)cc2C(F)(F)F)c(C)c1C. The molecule has 2 rings (SSSR count). The molecule has 0 spiro atoms. The number of hydrogen-bond acceptors (Lipinski definition) is 2. The highest BCUT2D eigenvalue weighted by atomic mass is 19.4. The van der Waals surface area contributed by atoms with Crippen LogP contribution in [0.4, 0.5) is 18.9 Å². The lowest BCUT2D eigenvalue weighted by molar-refractivity contribution is -0.137. The Morgan fingerprint density at radius 3 is 2.26 bits per heavy atom. The third-order valence-electron chi connectivity index (χ3n) is 3.21. The minimum atomic E-state index is -4.47. The van der Waals surface area contributed by atoms with Crippen LogP contribution in [0.25, 0.3) is 5.69 Å². The lowest BCUT2D eigenvalue weighted by atomic mass is 10.1. The maximum absolute atomic E-state index is 13.1. The van der Waals surface area contributed by atoms with E-state index in [4.69, 9.17) is 5.73 Å². The van der Waals surface area contributed by atoms with Gasteiger partial charge in [0.05, 0.1) is 16.9 Å². The van der Waals surface area contributed by atoms with Gasteiger partial charge in [0.1, 0.15) is 0 Å². The molecular formula is C13H14F3N3. The van der Waals surface area contributed by atoms with Crippen LogP contribution in [0.3, 0.4) is 0 Å². The molecule has 102 valence electrons. The zero-order chi connectivity index (χ0) is 14.4. The fourth-order valence-electron chi connectivity index (χ4n) is 1.92. The van der Waals surface area contributed by atoms with Crippen LogP contribution in [0.1, 0.15) is 22.5 Å². The van der Waals surface area contributed by atoms with Gasteiger partial charge in [-0.1, -0.05) is 0 Å². The minimum Gasteiger partial charge on any atom is -0.399 e. The molecule has 0 atom stereocenters. The molecule has 0 saturated carbocycles. The molecule has 3 nitrogen and oxygen atoms in total. The summed E-state index contributed by atoms with van der Waals surface area (Å²) < 4.78 is 40.5. The van der Waals surface area contributed by atoms with Crippen molar-refractivity contribution in [1.29, 1.82) is 0 Å². The Morgan fingerprint density at radius 1 is 1.16 bits per heavy atom. The minimum absolute atomic E-state index is 0.00426. The number of aryl methyl sites for hydroxylation is 1. The van der Waals surface area contributed by atoms with Gasteiger partial charge in [-0.3, -0.25) is 0 Å². The van der Waals surface area contributed by atoms with Gasteiger partial charge in [0.15, 0.2) is 0 Å². The Balaban J connectivity index is 2.72. The van der Waals surface area contributed by atoms with Crippen molar-refractivity contribution in [3.63, 3.8) is 0 Å². The number of alkyl halides is 3. The number of benzene rings is 1. The first-order chi connectivity index (χ1) is 8.71. The van der Waals surface area contributed by atoms with E-state index in [1.165, 1.54) is 16.8 Å². The van der Waals surface area contributed by atoms with E-state index >= 15 is 0 Å². The van der Waals surface area contributed by atoms with Crippen LogP contribution in [0.2, 0.25) is 0 Å². The van der Waals surface area contributed by atoms with Gasteiger partial charge in [-0.25, -0.2) is 4.68 Å². The quantitative estimate of drug-likeness (QED) is 0.806. The topological polar surface area (TPSA) is 43.8 Å². The van der Waals surface area contributed by atoms with Crippen molar-refractivity contribution >= 4 is 5.69 Å². The number of hydrogen-bond donors (Lipinski definition) is 1. The third-order valence-corrected chi connectivity index (χ3v) is 3.21. The zero-order valence-corrected chi connectivity index (χ0v) is 10.8. The van der Waals surface area contributed by atoms with Crippen molar-refractivity contribution in [3.8, 4) is 5.69 Å². The van der Waals surface area contributed by atoms with Crippen LogP contribution in [0.5, 0.6) is 0 Å². The number of rotatable bonds is 1. The first kappa shape index (κ1) is 13.5. The maximum atomic E-state index is 13.1. The smallest absolute Gasteiger partial charge is 0.399 e. The van der Waals surface area contributed by atoms with Gasteiger partial charge in [-0.2, -0.15) is 18.3 Å². The van der Waals surface area contributed by atoms with Gasteiger partial charge in [0, 0.05) is 11.4 Å². The van der Waals surface area contributed by atoms with Crippen molar-refractivity contribution in [2.24, 2.45) is 0 Å². The Kier molecular flexibility index (Phi) is 3.04. The highest BCUT2D eigenvalue weighted by Crippen LogP contribution is 2.35. The van der Waals surface area contributed by atoms with Crippen LogP contribution in [0.15, 0.2) is 18.2 Å². The van der Waals surface area contributed by atoms with Crippen LogP contribution < -0.4 is 5.73 Å². The molecule has 2 aromatic rings. The highest BCUT2D eigenvalue weighted by Gasteiger charge is 2.34. The molecule has 6 heteroatoms. The summed E-state index contributed by atoms with van der Waals surface area (Å²) in [7, 11) is 0. The summed E-state index contributed by atoms with van der Waals surface area (Å²) >= 11 is 0. The van der Waals surface area contributed by atoms with Crippen LogP contribution in [-0.4, -0.2) is 9.78 Å². The Labute approximate surface area is 108 Å². The predicted octanol–water partition coefficient (Wildman–Crippen LogP) is 3.40. The molecule has 1 aromatic heterocycles. The van der Waals surface area contributed by atoms with Gasteiger partial charge < -0.3 is 5.73 Å². The second-order valence-electron chi connectivity index (χ2n) is 4.48. The summed E-state index contributed by atoms with van der Waals surface area (Å²) in [4.78, 5) is 0. The average Bonchev–Trinajstić information content (AvgIpc) is 2.56. The van der Waals surface area contributed by atoms with E-state index in [9.17, 15) is 13.2 Å². The molecular weight excluding hydrogens is 255 g/mol. The molecule has 19 heavy (non-hydrogen) atoms. The van der Waals surface area contributed by atoms with Crippen LogP contribution in [0, 0.1) is 20.8 Å². The number of nitrogen functional groups attached to an aromatic ring is 1. The molecule has 1 aromatic carbocycles. The van der Waals surface area contributed by atoms with Crippen molar-refractivity contribution < 1.29 is 13.2 Å². The highest BCUT2D eigenvalue weighted by molar-refractivity contribution is 5.53. The van der Waals surface area contributed by atoms with Crippen molar-refractivity contribution in [2.45, 2.75) is 26.9 Å².